The highest BCUT2D eigenvalue weighted by Gasteiger charge is 2.17. The largest absolute Gasteiger partial charge is 0.462 e. The molecule has 3 aromatic rings. The van der Waals surface area contributed by atoms with E-state index in [1.165, 1.54) is 18.0 Å². The van der Waals surface area contributed by atoms with Crippen molar-refractivity contribution in [1.82, 2.24) is 19.9 Å². The van der Waals surface area contributed by atoms with E-state index in [1.807, 2.05) is 13.0 Å². The van der Waals surface area contributed by atoms with E-state index < -0.39 is 5.97 Å². The molecule has 8 nitrogen and oxygen atoms in total. The van der Waals surface area contributed by atoms with Crippen LogP contribution in [0.1, 0.15) is 35.3 Å². The number of hydrogen-bond acceptors (Lipinski definition) is 8. The Morgan fingerprint density at radius 1 is 1.35 bits per heavy atom. The minimum Gasteiger partial charge on any atom is -0.462 e. The first-order chi connectivity index (χ1) is 12.5. The van der Waals surface area contributed by atoms with Crippen molar-refractivity contribution in [3.8, 4) is 0 Å². The van der Waals surface area contributed by atoms with E-state index >= 15 is 0 Å². The average molecular weight is 371 g/mol. The second-order valence-electron chi connectivity index (χ2n) is 5.40. The third-order valence-electron chi connectivity index (χ3n) is 3.59. The lowest BCUT2D eigenvalue weighted by molar-refractivity contribution is 0.0526. The van der Waals surface area contributed by atoms with E-state index in [0.717, 1.165) is 0 Å². The summed E-state index contributed by atoms with van der Waals surface area (Å²) in [6.45, 7) is 3.82. The number of fused-ring (bicyclic) bond motifs is 1. The fraction of sp³-hybridized carbons (Fsp3) is 0.235. The molecule has 1 atom stereocenters. The number of nitrogen functional groups attached to an aromatic ring is 1. The van der Waals surface area contributed by atoms with E-state index in [-0.39, 0.29) is 28.8 Å². The molecule has 26 heavy (non-hydrogen) atoms. The predicted octanol–water partition coefficient (Wildman–Crippen LogP) is 2.33. The third-order valence-corrected chi connectivity index (χ3v) is 4.57. The first-order valence-electron chi connectivity index (χ1n) is 7.94. The molecule has 0 aliphatic heterocycles. The quantitative estimate of drug-likeness (QED) is 0.398. The number of nitrogens with zero attached hydrogens (tertiary/aromatic N) is 3. The minimum atomic E-state index is -0.560. The maximum Gasteiger partial charge on any atom is 0.343 e. The van der Waals surface area contributed by atoms with Gasteiger partial charge in [0.15, 0.2) is 5.16 Å². The van der Waals surface area contributed by atoms with Crippen LogP contribution in [0.4, 0.5) is 5.82 Å². The molecule has 0 aliphatic carbocycles. The molecule has 3 N–H and O–H groups in total. The van der Waals surface area contributed by atoms with Gasteiger partial charge in [0, 0.05) is 6.20 Å². The van der Waals surface area contributed by atoms with Crippen LogP contribution in [0.25, 0.3) is 10.9 Å². The summed E-state index contributed by atoms with van der Waals surface area (Å²) in [5, 5.41) is 0.687. The number of aromatic nitrogens is 4. The zero-order valence-electron chi connectivity index (χ0n) is 14.2. The van der Waals surface area contributed by atoms with Crippen molar-refractivity contribution in [2.24, 2.45) is 0 Å². The van der Waals surface area contributed by atoms with E-state index in [2.05, 4.69) is 19.9 Å². The molecule has 3 rings (SSSR count). The predicted molar refractivity (Wildman–Crippen MR) is 99.0 cm³/mol. The molecule has 2 heterocycles. The molecule has 0 spiro atoms. The second kappa shape index (κ2) is 7.52. The number of H-pyrrole nitrogens is 1. The first kappa shape index (κ1) is 17.9. The molecule has 9 heteroatoms. The highest BCUT2D eigenvalue weighted by molar-refractivity contribution is 7.99. The summed E-state index contributed by atoms with van der Waals surface area (Å²) in [6.07, 6.45) is 1.34. The number of nitrogens with one attached hydrogen (secondary N) is 1. The lowest BCUT2D eigenvalue weighted by atomic mass is 10.2. The number of ether oxygens (including phenoxy) is 1. The SMILES string of the molecule is CCOC(=O)c1cnc(SC(C)c2nc3ccccc3c(=O)[nH]2)nc1N. The van der Waals surface area contributed by atoms with Gasteiger partial charge in [0.1, 0.15) is 17.2 Å². The van der Waals surface area contributed by atoms with Gasteiger partial charge < -0.3 is 15.5 Å². The van der Waals surface area contributed by atoms with Gasteiger partial charge in [-0.3, -0.25) is 4.79 Å². The van der Waals surface area contributed by atoms with E-state index in [0.29, 0.717) is 21.9 Å². The fourth-order valence-electron chi connectivity index (χ4n) is 2.31. The molecule has 134 valence electrons. The smallest absolute Gasteiger partial charge is 0.343 e. The Kier molecular flexibility index (Phi) is 5.17. The van der Waals surface area contributed by atoms with Crippen molar-refractivity contribution < 1.29 is 9.53 Å². The van der Waals surface area contributed by atoms with Gasteiger partial charge in [0.2, 0.25) is 0 Å². The summed E-state index contributed by atoms with van der Waals surface area (Å²) in [7, 11) is 0. The lowest BCUT2D eigenvalue weighted by Crippen LogP contribution is -2.13. The maximum atomic E-state index is 12.2. The number of esters is 1. The molecule has 0 aliphatic rings. The molecular weight excluding hydrogens is 354 g/mol. The van der Waals surface area contributed by atoms with Crippen molar-refractivity contribution in [3.05, 3.63) is 52.2 Å². The van der Waals surface area contributed by atoms with E-state index in [9.17, 15) is 9.59 Å². The molecular formula is C17H17N5O3S. The summed E-state index contributed by atoms with van der Waals surface area (Å²) in [6, 6.07) is 7.13. The van der Waals surface area contributed by atoms with Gasteiger partial charge in [-0.1, -0.05) is 23.9 Å². The highest BCUT2D eigenvalue weighted by atomic mass is 32.2. The van der Waals surface area contributed by atoms with Crippen LogP contribution in [-0.4, -0.2) is 32.5 Å². The number of aromatic amines is 1. The van der Waals surface area contributed by atoms with Crippen LogP contribution < -0.4 is 11.3 Å². The maximum absolute atomic E-state index is 12.2. The van der Waals surface area contributed by atoms with E-state index in [4.69, 9.17) is 10.5 Å². The summed E-state index contributed by atoms with van der Waals surface area (Å²) >= 11 is 1.27. The first-order valence-corrected chi connectivity index (χ1v) is 8.82. The van der Waals surface area contributed by atoms with Gasteiger partial charge in [0.05, 0.1) is 22.8 Å². The summed E-state index contributed by atoms with van der Waals surface area (Å²) in [4.78, 5) is 39.5. The van der Waals surface area contributed by atoms with Crippen LogP contribution in [0.2, 0.25) is 0 Å². The highest BCUT2D eigenvalue weighted by Crippen LogP contribution is 2.31. The zero-order chi connectivity index (χ0) is 18.7. The number of rotatable bonds is 5. The van der Waals surface area contributed by atoms with Crippen LogP contribution >= 0.6 is 11.8 Å². The number of benzene rings is 1. The summed E-state index contributed by atoms with van der Waals surface area (Å²) in [5.74, 6) is -0.00132. The Morgan fingerprint density at radius 3 is 2.85 bits per heavy atom. The van der Waals surface area contributed by atoms with Crippen molar-refractivity contribution in [1.29, 1.82) is 0 Å². The number of thioether (sulfide) groups is 1. The molecule has 0 fully saturated rings. The Labute approximate surface area is 153 Å². The molecule has 2 aromatic heterocycles. The van der Waals surface area contributed by atoms with Crippen LogP contribution in [0, 0.1) is 0 Å². The summed E-state index contributed by atoms with van der Waals surface area (Å²) < 4.78 is 4.90. The Balaban J connectivity index is 1.84. The Hall–Kier alpha value is -2.94. The molecule has 0 radical (unpaired) electrons. The molecule has 1 aromatic carbocycles. The van der Waals surface area contributed by atoms with Gasteiger partial charge in [0.25, 0.3) is 5.56 Å². The van der Waals surface area contributed by atoms with Gasteiger partial charge in [-0.2, -0.15) is 0 Å². The minimum absolute atomic E-state index is 0.0492. The summed E-state index contributed by atoms with van der Waals surface area (Å²) in [5.41, 5.74) is 6.38. The fourth-order valence-corrected chi connectivity index (χ4v) is 3.12. The van der Waals surface area contributed by atoms with Crippen molar-refractivity contribution >= 4 is 34.5 Å². The zero-order valence-corrected chi connectivity index (χ0v) is 15.0. The van der Waals surface area contributed by atoms with Crippen LogP contribution in [0.3, 0.4) is 0 Å². The standard InChI is InChI=1S/C17H17N5O3S/c1-3-25-16(24)11-8-19-17(21-13(11)18)26-9(2)14-20-12-7-5-4-6-10(12)15(23)22-14/h4-9H,3H2,1-2H3,(H2,18,19,21)(H,20,22,23). The van der Waals surface area contributed by atoms with Crippen LogP contribution in [0.15, 0.2) is 40.4 Å². The van der Waals surface area contributed by atoms with Gasteiger partial charge in [-0.15, -0.1) is 0 Å². The van der Waals surface area contributed by atoms with E-state index in [1.54, 1.807) is 25.1 Å². The van der Waals surface area contributed by atoms with Gasteiger partial charge >= 0.3 is 5.97 Å². The third kappa shape index (κ3) is 3.67. The van der Waals surface area contributed by atoms with Gasteiger partial charge in [-0.05, 0) is 26.0 Å². The van der Waals surface area contributed by atoms with Crippen LogP contribution in [-0.2, 0) is 4.74 Å². The second-order valence-corrected chi connectivity index (χ2v) is 6.71. The molecule has 1 unspecified atom stereocenters. The Morgan fingerprint density at radius 2 is 2.12 bits per heavy atom. The topological polar surface area (TPSA) is 124 Å². The number of para-hydroxylation sites is 1. The monoisotopic (exact) mass is 371 g/mol. The molecule has 0 saturated heterocycles. The Bertz CT molecular complexity index is 1020. The molecule has 0 amide bonds. The van der Waals surface area contributed by atoms with Crippen LogP contribution in [0.5, 0.6) is 0 Å². The number of hydrogen-bond donors (Lipinski definition) is 2. The number of anilines is 1. The van der Waals surface area contributed by atoms with Crippen molar-refractivity contribution in [3.63, 3.8) is 0 Å². The number of carbonyl (C=O) groups excluding carboxylic acids is 1. The van der Waals surface area contributed by atoms with Crippen molar-refractivity contribution in [2.45, 2.75) is 24.3 Å². The number of nitrogens with two attached hydrogens (primary N) is 1. The van der Waals surface area contributed by atoms with Crippen molar-refractivity contribution in [2.75, 3.05) is 12.3 Å². The number of carbonyl (C=O) groups is 1. The molecule has 0 bridgehead atoms. The molecule has 0 saturated carbocycles. The lowest BCUT2D eigenvalue weighted by Gasteiger charge is -2.11. The average Bonchev–Trinajstić information content (AvgIpc) is 2.62. The van der Waals surface area contributed by atoms with Gasteiger partial charge in [-0.25, -0.2) is 19.7 Å². The normalized spacial score (nSPS) is 12.1.